The van der Waals surface area contributed by atoms with Crippen LogP contribution in [0.5, 0.6) is 0 Å². The summed E-state index contributed by atoms with van der Waals surface area (Å²) in [5, 5.41) is 8.98. The third kappa shape index (κ3) is 3.13. The number of hydrogen-bond acceptors (Lipinski definition) is 7. The van der Waals surface area contributed by atoms with E-state index in [0.717, 1.165) is 0 Å². The van der Waals surface area contributed by atoms with Crippen LogP contribution >= 0.6 is 11.6 Å². The van der Waals surface area contributed by atoms with Crippen molar-refractivity contribution >= 4 is 27.3 Å². The van der Waals surface area contributed by atoms with Gasteiger partial charge < -0.3 is 9.64 Å². The topological polar surface area (TPSA) is 96.2 Å². The SMILES string of the molecule is C[C@H]1COCCN1c1cc(C2(S(=O)(=O)c3ccc(C#N)cc3)CC2)nc(Cl)n1. The maximum atomic E-state index is 13.4. The zero-order chi connectivity index (χ0) is 19.9. The number of nitriles is 1. The van der Waals surface area contributed by atoms with Gasteiger partial charge >= 0.3 is 0 Å². The van der Waals surface area contributed by atoms with Crippen molar-refractivity contribution in [3.8, 4) is 6.07 Å². The summed E-state index contributed by atoms with van der Waals surface area (Å²) in [4.78, 5) is 10.8. The second-order valence-electron chi connectivity index (χ2n) is 7.13. The Morgan fingerprint density at radius 3 is 2.61 bits per heavy atom. The molecule has 146 valence electrons. The lowest BCUT2D eigenvalue weighted by molar-refractivity contribution is 0.0985. The smallest absolute Gasteiger partial charge is 0.224 e. The van der Waals surface area contributed by atoms with Crippen molar-refractivity contribution in [3.05, 3.63) is 46.9 Å². The third-order valence-corrected chi connectivity index (χ3v) is 8.03. The van der Waals surface area contributed by atoms with Crippen molar-refractivity contribution in [3.63, 3.8) is 0 Å². The van der Waals surface area contributed by atoms with E-state index in [1.807, 2.05) is 13.0 Å². The van der Waals surface area contributed by atoms with Gasteiger partial charge in [-0.1, -0.05) is 0 Å². The zero-order valence-corrected chi connectivity index (χ0v) is 16.9. The summed E-state index contributed by atoms with van der Waals surface area (Å²) in [7, 11) is -3.68. The summed E-state index contributed by atoms with van der Waals surface area (Å²) < 4.78 is 31.1. The molecule has 1 aromatic heterocycles. The second kappa shape index (κ2) is 6.99. The Bertz CT molecular complexity index is 1050. The molecule has 0 amide bonds. The van der Waals surface area contributed by atoms with Gasteiger partial charge in [-0.25, -0.2) is 18.4 Å². The first-order valence-corrected chi connectivity index (χ1v) is 10.9. The van der Waals surface area contributed by atoms with Crippen LogP contribution in [0.25, 0.3) is 0 Å². The minimum atomic E-state index is -3.68. The maximum Gasteiger partial charge on any atom is 0.224 e. The maximum absolute atomic E-state index is 13.4. The normalized spacial score (nSPS) is 21.2. The summed E-state index contributed by atoms with van der Waals surface area (Å²) in [5.41, 5.74) is 0.836. The van der Waals surface area contributed by atoms with Crippen LogP contribution in [0.1, 0.15) is 31.0 Å². The van der Waals surface area contributed by atoms with E-state index >= 15 is 0 Å². The molecule has 1 saturated heterocycles. The highest BCUT2D eigenvalue weighted by Gasteiger charge is 2.58. The molecule has 2 fully saturated rings. The molecule has 0 bridgehead atoms. The minimum Gasteiger partial charge on any atom is -0.377 e. The van der Waals surface area contributed by atoms with Crippen molar-refractivity contribution in [2.75, 3.05) is 24.7 Å². The first kappa shape index (κ1) is 19.1. The van der Waals surface area contributed by atoms with Crippen LogP contribution in [0, 0.1) is 11.3 Å². The first-order chi connectivity index (χ1) is 13.4. The van der Waals surface area contributed by atoms with E-state index in [4.69, 9.17) is 21.6 Å². The number of aromatic nitrogens is 2. The molecule has 2 heterocycles. The fourth-order valence-electron chi connectivity index (χ4n) is 3.56. The predicted octanol–water partition coefficient (Wildman–Crippen LogP) is 2.69. The molecule has 7 nitrogen and oxygen atoms in total. The van der Waals surface area contributed by atoms with Gasteiger partial charge in [0.2, 0.25) is 5.28 Å². The van der Waals surface area contributed by atoms with E-state index < -0.39 is 14.6 Å². The Morgan fingerprint density at radius 1 is 1.29 bits per heavy atom. The molecule has 1 atom stereocenters. The van der Waals surface area contributed by atoms with Crippen LogP contribution in [0.15, 0.2) is 35.2 Å². The molecule has 4 rings (SSSR count). The molecule has 28 heavy (non-hydrogen) atoms. The number of nitrogens with zero attached hydrogens (tertiary/aromatic N) is 4. The molecule has 0 radical (unpaired) electrons. The Hall–Kier alpha value is -2.21. The van der Waals surface area contributed by atoms with E-state index in [1.54, 1.807) is 6.07 Å². The summed E-state index contributed by atoms with van der Waals surface area (Å²) >= 11 is 6.18. The summed E-state index contributed by atoms with van der Waals surface area (Å²) in [6.07, 6.45) is 0.946. The van der Waals surface area contributed by atoms with Gasteiger partial charge in [0.25, 0.3) is 0 Å². The molecule has 0 unspecified atom stereocenters. The highest BCUT2D eigenvalue weighted by Crippen LogP contribution is 2.55. The van der Waals surface area contributed by atoms with Crippen LogP contribution in [-0.4, -0.2) is 44.2 Å². The number of morpholine rings is 1. The average Bonchev–Trinajstić information content (AvgIpc) is 3.50. The summed E-state index contributed by atoms with van der Waals surface area (Å²) in [5.74, 6) is 0.618. The third-order valence-electron chi connectivity index (χ3n) is 5.33. The fourth-order valence-corrected chi connectivity index (χ4v) is 5.71. The lowest BCUT2D eigenvalue weighted by Gasteiger charge is -2.34. The highest BCUT2D eigenvalue weighted by molar-refractivity contribution is 7.92. The molecule has 0 spiro atoms. The van der Waals surface area contributed by atoms with Gasteiger partial charge in [-0.05, 0) is 55.6 Å². The standard InChI is InChI=1S/C19H19ClN4O3S/c1-13-12-27-9-8-24(13)17-10-16(22-18(20)23-17)19(6-7-19)28(25,26)15-4-2-14(11-21)3-5-15/h2-5,10,13H,6-9,12H2,1H3/t13-/m0/s1. The molecule has 2 aliphatic rings. The Labute approximate surface area is 168 Å². The lowest BCUT2D eigenvalue weighted by Crippen LogP contribution is -2.44. The van der Waals surface area contributed by atoms with Gasteiger partial charge in [0, 0.05) is 12.6 Å². The molecular formula is C19H19ClN4O3S. The number of ether oxygens (including phenoxy) is 1. The predicted molar refractivity (Wildman–Crippen MR) is 104 cm³/mol. The van der Waals surface area contributed by atoms with Crippen LogP contribution in [-0.2, 0) is 19.3 Å². The van der Waals surface area contributed by atoms with Crippen molar-refractivity contribution in [1.82, 2.24) is 9.97 Å². The van der Waals surface area contributed by atoms with Crippen molar-refractivity contribution in [2.24, 2.45) is 0 Å². The summed E-state index contributed by atoms with van der Waals surface area (Å²) in [6.45, 7) is 3.83. The Balaban J connectivity index is 1.74. The van der Waals surface area contributed by atoms with E-state index in [0.29, 0.717) is 49.7 Å². The molecule has 1 saturated carbocycles. The number of hydrogen-bond donors (Lipinski definition) is 0. The first-order valence-electron chi connectivity index (χ1n) is 9.02. The van der Waals surface area contributed by atoms with Crippen LogP contribution < -0.4 is 4.90 Å². The van der Waals surface area contributed by atoms with E-state index in [9.17, 15) is 8.42 Å². The summed E-state index contributed by atoms with van der Waals surface area (Å²) in [6, 6.07) is 9.81. The number of anilines is 1. The number of sulfone groups is 1. The second-order valence-corrected chi connectivity index (χ2v) is 9.73. The van der Waals surface area contributed by atoms with Crippen molar-refractivity contribution < 1.29 is 13.2 Å². The van der Waals surface area contributed by atoms with Gasteiger partial charge in [-0.3, -0.25) is 0 Å². The minimum absolute atomic E-state index is 0.0347. The molecular weight excluding hydrogens is 400 g/mol. The van der Waals surface area contributed by atoms with Gasteiger partial charge in [0.15, 0.2) is 9.84 Å². The molecule has 1 aromatic carbocycles. The van der Waals surface area contributed by atoms with Gasteiger partial charge in [0.1, 0.15) is 10.6 Å². The quantitative estimate of drug-likeness (QED) is 0.704. The fraction of sp³-hybridized carbons (Fsp3) is 0.421. The monoisotopic (exact) mass is 418 g/mol. The van der Waals surface area contributed by atoms with Gasteiger partial charge in [-0.15, -0.1) is 0 Å². The molecule has 1 aliphatic heterocycles. The van der Waals surface area contributed by atoms with Gasteiger partial charge in [-0.2, -0.15) is 5.26 Å². The number of rotatable bonds is 4. The zero-order valence-electron chi connectivity index (χ0n) is 15.3. The van der Waals surface area contributed by atoms with Gasteiger partial charge in [0.05, 0.1) is 41.5 Å². The Kier molecular flexibility index (Phi) is 4.78. The Morgan fingerprint density at radius 2 is 2.00 bits per heavy atom. The lowest BCUT2D eigenvalue weighted by atomic mass is 10.2. The van der Waals surface area contributed by atoms with E-state index in [-0.39, 0.29) is 16.2 Å². The molecule has 1 aliphatic carbocycles. The molecule has 9 heteroatoms. The van der Waals surface area contributed by atoms with E-state index in [1.165, 1.54) is 24.3 Å². The number of halogens is 1. The largest absolute Gasteiger partial charge is 0.377 e. The molecule has 0 N–H and O–H groups in total. The van der Waals surface area contributed by atoms with Crippen LogP contribution in [0.4, 0.5) is 5.82 Å². The number of benzene rings is 1. The van der Waals surface area contributed by atoms with Crippen LogP contribution in [0.2, 0.25) is 5.28 Å². The van der Waals surface area contributed by atoms with Crippen molar-refractivity contribution in [1.29, 1.82) is 5.26 Å². The molecule has 2 aromatic rings. The average molecular weight is 419 g/mol. The highest BCUT2D eigenvalue weighted by atomic mass is 35.5. The van der Waals surface area contributed by atoms with E-state index in [2.05, 4.69) is 14.9 Å². The van der Waals surface area contributed by atoms with Crippen molar-refractivity contribution in [2.45, 2.75) is 35.4 Å². The van der Waals surface area contributed by atoms with Crippen LogP contribution in [0.3, 0.4) is 0 Å².